The van der Waals surface area contributed by atoms with Gasteiger partial charge in [-0.15, -0.1) is 5.73 Å². The van der Waals surface area contributed by atoms with Crippen molar-refractivity contribution in [1.82, 2.24) is 0 Å². The molecule has 12 heavy (non-hydrogen) atoms. The van der Waals surface area contributed by atoms with Gasteiger partial charge in [-0.1, -0.05) is 26.2 Å². The van der Waals surface area contributed by atoms with Crippen molar-refractivity contribution in [1.29, 1.82) is 0 Å². The van der Waals surface area contributed by atoms with Gasteiger partial charge in [0.15, 0.2) is 0 Å². The van der Waals surface area contributed by atoms with Crippen molar-refractivity contribution in [3.05, 3.63) is 17.9 Å². The Kier molecular flexibility index (Phi) is 8.96. The molecule has 0 aromatic carbocycles. The van der Waals surface area contributed by atoms with Gasteiger partial charge in [0.2, 0.25) is 0 Å². The molecule has 0 rings (SSSR count). The zero-order valence-corrected chi connectivity index (χ0v) is 7.64. The molecule has 0 radical (unpaired) electrons. The van der Waals surface area contributed by atoms with Crippen LogP contribution in [0.2, 0.25) is 0 Å². The van der Waals surface area contributed by atoms with Crippen LogP contribution in [0, 0.1) is 12.0 Å². The maximum Gasteiger partial charge on any atom is 0.113 e. The molecule has 66 valence electrons. The number of hydrogen-bond acceptors (Lipinski definition) is 1. The van der Waals surface area contributed by atoms with Crippen molar-refractivity contribution in [2.24, 2.45) is 0 Å². The van der Waals surface area contributed by atoms with Gasteiger partial charge in [0.1, 0.15) is 6.11 Å². The number of rotatable bonds is 5. The van der Waals surface area contributed by atoms with Crippen LogP contribution in [-0.2, 0) is 0 Å². The summed E-state index contributed by atoms with van der Waals surface area (Å²) in [6, 6.07) is 0. The van der Waals surface area contributed by atoms with Gasteiger partial charge in [0.05, 0.1) is 0 Å². The molecule has 1 N–H and O–H groups in total. The summed E-state index contributed by atoms with van der Waals surface area (Å²) in [5, 5.41) is 8.09. The van der Waals surface area contributed by atoms with E-state index in [-0.39, 0.29) is 0 Å². The SMILES string of the molecule is CCCCCCC=C=CC#CO. The molecule has 0 aromatic heterocycles. The molecule has 0 aliphatic carbocycles. The minimum absolute atomic E-state index is 1.06. The second-order valence-electron chi connectivity index (χ2n) is 2.62. The average molecular weight is 164 g/mol. The highest BCUT2D eigenvalue weighted by atomic mass is 16.2. The molecule has 0 saturated heterocycles. The minimum Gasteiger partial charge on any atom is -0.462 e. The van der Waals surface area contributed by atoms with E-state index in [1.54, 1.807) is 6.11 Å². The summed E-state index contributed by atoms with van der Waals surface area (Å²) < 4.78 is 0. The fourth-order valence-corrected chi connectivity index (χ4v) is 0.889. The third kappa shape index (κ3) is 8.88. The molecule has 0 aliphatic rings. The van der Waals surface area contributed by atoms with E-state index in [0.29, 0.717) is 0 Å². The van der Waals surface area contributed by atoms with Crippen LogP contribution in [0.5, 0.6) is 0 Å². The van der Waals surface area contributed by atoms with Crippen LogP contribution in [0.1, 0.15) is 39.0 Å². The summed E-state index contributed by atoms with van der Waals surface area (Å²) in [5.41, 5.74) is 2.88. The van der Waals surface area contributed by atoms with Crippen LogP contribution in [0.3, 0.4) is 0 Å². The Labute approximate surface area is 74.8 Å². The molecule has 0 bridgehead atoms. The third-order valence-electron chi connectivity index (χ3n) is 1.54. The second kappa shape index (κ2) is 9.88. The smallest absolute Gasteiger partial charge is 0.113 e. The molecule has 0 amide bonds. The minimum atomic E-state index is 1.06. The number of unbranched alkanes of at least 4 members (excludes halogenated alkanes) is 4. The van der Waals surface area contributed by atoms with Crippen LogP contribution in [0.15, 0.2) is 17.9 Å². The Morgan fingerprint density at radius 1 is 1.25 bits per heavy atom. The predicted molar refractivity (Wildman–Crippen MR) is 51.1 cm³/mol. The Morgan fingerprint density at radius 2 is 2.08 bits per heavy atom. The number of aliphatic hydroxyl groups is 1. The molecule has 0 spiro atoms. The predicted octanol–water partition coefficient (Wildman–Crippen LogP) is 3.00. The first kappa shape index (κ1) is 10.9. The summed E-state index contributed by atoms with van der Waals surface area (Å²) in [7, 11) is 0. The number of allylic oxidation sites excluding steroid dienone is 1. The Bertz CT molecular complexity index is 199. The zero-order valence-electron chi connectivity index (χ0n) is 7.64. The van der Waals surface area contributed by atoms with Gasteiger partial charge in [-0.3, -0.25) is 0 Å². The molecule has 0 aliphatic heterocycles. The lowest BCUT2D eigenvalue weighted by molar-refractivity contribution is 0.517. The van der Waals surface area contributed by atoms with E-state index in [1.807, 2.05) is 6.08 Å². The van der Waals surface area contributed by atoms with Gasteiger partial charge in [-0.25, -0.2) is 0 Å². The summed E-state index contributed by atoms with van der Waals surface area (Å²) in [4.78, 5) is 0. The summed E-state index contributed by atoms with van der Waals surface area (Å²) >= 11 is 0. The third-order valence-corrected chi connectivity index (χ3v) is 1.54. The second-order valence-corrected chi connectivity index (χ2v) is 2.62. The van der Waals surface area contributed by atoms with E-state index in [9.17, 15) is 0 Å². The number of aliphatic hydroxyl groups excluding tert-OH is 1. The molecule has 1 heteroatoms. The standard InChI is InChI=1S/C11H16O/c1-2-3-4-5-6-7-8-9-10-11-12/h7,9,12H,2-6H2,1H3. The van der Waals surface area contributed by atoms with Crippen molar-refractivity contribution in [3.8, 4) is 12.0 Å². The van der Waals surface area contributed by atoms with Crippen molar-refractivity contribution in [3.63, 3.8) is 0 Å². The van der Waals surface area contributed by atoms with Crippen LogP contribution in [0.25, 0.3) is 0 Å². The van der Waals surface area contributed by atoms with Gasteiger partial charge in [0.25, 0.3) is 0 Å². The first-order chi connectivity index (χ1) is 5.91. The molecular formula is C11H16O. The topological polar surface area (TPSA) is 20.2 Å². The van der Waals surface area contributed by atoms with Crippen molar-refractivity contribution in [2.45, 2.75) is 39.0 Å². The quantitative estimate of drug-likeness (QED) is 0.376. The fourth-order valence-electron chi connectivity index (χ4n) is 0.889. The Balaban J connectivity index is 3.28. The zero-order chi connectivity index (χ0) is 9.07. The van der Waals surface area contributed by atoms with Crippen LogP contribution in [0.4, 0.5) is 0 Å². The Morgan fingerprint density at radius 3 is 2.75 bits per heavy atom. The molecule has 0 unspecified atom stereocenters. The molecule has 0 atom stereocenters. The summed E-state index contributed by atoms with van der Waals surface area (Å²) in [6.07, 6.45) is 11.4. The maximum absolute atomic E-state index is 8.09. The fraction of sp³-hybridized carbons (Fsp3) is 0.545. The van der Waals surface area contributed by atoms with Crippen molar-refractivity contribution in [2.75, 3.05) is 0 Å². The summed E-state index contributed by atoms with van der Waals surface area (Å²) in [5.74, 6) is 2.39. The van der Waals surface area contributed by atoms with Gasteiger partial charge in [-0.2, -0.15) is 0 Å². The molecular weight excluding hydrogens is 148 g/mol. The van der Waals surface area contributed by atoms with Gasteiger partial charge in [0, 0.05) is 6.08 Å². The largest absolute Gasteiger partial charge is 0.462 e. The maximum atomic E-state index is 8.09. The van der Waals surface area contributed by atoms with Crippen molar-refractivity contribution < 1.29 is 5.11 Å². The van der Waals surface area contributed by atoms with Crippen LogP contribution in [-0.4, -0.2) is 5.11 Å². The summed E-state index contributed by atoms with van der Waals surface area (Å²) in [6.45, 7) is 2.20. The van der Waals surface area contributed by atoms with Crippen molar-refractivity contribution >= 4 is 0 Å². The lowest BCUT2D eigenvalue weighted by atomic mass is 10.1. The normalized spacial score (nSPS) is 7.75. The van der Waals surface area contributed by atoms with E-state index in [0.717, 1.165) is 6.42 Å². The monoisotopic (exact) mass is 164 g/mol. The van der Waals surface area contributed by atoms with Gasteiger partial charge < -0.3 is 5.11 Å². The first-order valence-corrected chi connectivity index (χ1v) is 4.45. The van der Waals surface area contributed by atoms with E-state index < -0.39 is 0 Å². The van der Waals surface area contributed by atoms with E-state index in [1.165, 1.54) is 31.8 Å². The Hall–Kier alpha value is -1.12. The average Bonchev–Trinajstić information content (AvgIpc) is 2.10. The van der Waals surface area contributed by atoms with E-state index >= 15 is 0 Å². The lowest BCUT2D eigenvalue weighted by Gasteiger charge is -1.91. The molecule has 1 nitrogen and oxygen atoms in total. The molecule has 0 fully saturated rings. The van der Waals surface area contributed by atoms with E-state index in [2.05, 4.69) is 18.6 Å². The van der Waals surface area contributed by atoms with Gasteiger partial charge in [-0.05, 0) is 24.8 Å². The highest BCUT2D eigenvalue weighted by molar-refractivity contribution is 5.10. The van der Waals surface area contributed by atoms with Crippen LogP contribution >= 0.6 is 0 Å². The highest BCUT2D eigenvalue weighted by Gasteiger charge is 1.82. The van der Waals surface area contributed by atoms with E-state index in [4.69, 9.17) is 5.11 Å². The number of hydrogen-bond donors (Lipinski definition) is 1. The molecule has 0 aromatic rings. The lowest BCUT2D eigenvalue weighted by Crippen LogP contribution is -1.72. The highest BCUT2D eigenvalue weighted by Crippen LogP contribution is 2.01. The van der Waals surface area contributed by atoms with Gasteiger partial charge >= 0.3 is 0 Å². The molecule has 0 saturated carbocycles. The first-order valence-electron chi connectivity index (χ1n) is 4.45. The molecule has 0 heterocycles. The van der Waals surface area contributed by atoms with Crippen LogP contribution < -0.4 is 0 Å².